The maximum absolute atomic E-state index is 13.4. The molecule has 3 aromatic rings. The van der Waals surface area contributed by atoms with E-state index in [4.69, 9.17) is 4.74 Å². The lowest BCUT2D eigenvalue weighted by Crippen LogP contribution is -2.37. The molecule has 0 unspecified atom stereocenters. The van der Waals surface area contributed by atoms with E-state index in [9.17, 15) is 18.0 Å². The van der Waals surface area contributed by atoms with Crippen LogP contribution in [0.15, 0.2) is 46.1 Å². The predicted molar refractivity (Wildman–Crippen MR) is 150 cm³/mol. The van der Waals surface area contributed by atoms with Crippen molar-refractivity contribution >= 4 is 49.5 Å². The number of carbonyl (C=O) groups excluding carboxylic acids is 1. The number of benzene rings is 2. The first kappa shape index (κ1) is 25.8. The average molecular weight is 537 g/mol. The van der Waals surface area contributed by atoms with Gasteiger partial charge in [0.15, 0.2) is 0 Å². The highest BCUT2D eigenvalue weighted by Crippen LogP contribution is 2.45. The Balaban J connectivity index is 1.81. The number of nitrogens with zero attached hydrogens (tertiary/aromatic N) is 3. The molecule has 1 aromatic heterocycles. The van der Waals surface area contributed by atoms with Crippen molar-refractivity contribution in [3.8, 4) is 5.75 Å². The third kappa shape index (κ3) is 4.32. The molecule has 2 aromatic carbocycles. The van der Waals surface area contributed by atoms with Gasteiger partial charge in [0.2, 0.25) is 5.91 Å². The lowest BCUT2D eigenvalue weighted by Gasteiger charge is -2.38. The molecule has 10 heteroatoms. The Morgan fingerprint density at radius 2 is 1.79 bits per heavy atom. The fraction of sp³-hybridized carbons (Fsp3) is 0.357. The molecule has 1 aliphatic heterocycles. The highest BCUT2D eigenvalue weighted by Gasteiger charge is 2.31. The largest absolute Gasteiger partial charge is 0.497 e. The molecule has 0 spiro atoms. The Morgan fingerprint density at radius 3 is 2.45 bits per heavy atom. The maximum atomic E-state index is 13.4. The summed E-state index contributed by atoms with van der Waals surface area (Å²) >= 11 is 0. The average Bonchev–Trinajstić information content (AvgIpc) is 3.41. The first-order chi connectivity index (χ1) is 18.0. The molecule has 9 nitrogen and oxygen atoms in total. The van der Waals surface area contributed by atoms with Crippen molar-refractivity contribution in [2.45, 2.75) is 38.0 Å². The third-order valence-electron chi connectivity index (χ3n) is 7.39. The van der Waals surface area contributed by atoms with E-state index in [0.717, 1.165) is 41.6 Å². The SMILES string of the molecule is COc1cc(N2CCN(C)c3cc(C4=CCCC4)c(S(=O)(=O)NC(C)=O)cc32)c2cc(C)c(=O)n(C)c2c1. The number of aryl methyl sites for hydroxylation is 2. The number of nitrogens with one attached hydrogen (secondary N) is 1. The molecule has 1 amide bonds. The van der Waals surface area contributed by atoms with Gasteiger partial charge >= 0.3 is 0 Å². The standard InChI is InChI=1S/C28H32N4O5S/c1-17-12-22-23(31(4)28(17)34)13-20(37-5)14-24(22)32-11-10-30(3)25-15-21(19-8-6-7-9-19)27(16-26(25)32)38(35,36)29-18(2)33/h8,12-16H,6-7,9-11H2,1-5H3,(H,29,33). The summed E-state index contributed by atoms with van der Waals surface area (Å²) < 4.78 is 36.2. The number of hydrogen-bond donors (Lipinski definition) is 1. The number of pyridine rings is 1. The van der Waals surface area contributed by atoms with Gasteiger partial charge in [-0.3, -0.25) is 9.59 Å². The van der Waals surface area contributed by atoms with Crippen LogP contribution in [0.1, 0.15) is 37.3 Å². The topological polar surface area (TPSA) is 101 Å². The van der Waals surface area contributed by atoms with Gasteiger partial charge in [0, 0.05) is 62.8 Å². The molecule has 0 fully saturated rings. The van der Waals surface area contributed by atoms with E-state index in [2.05, 4.69) is 20.6 Å². The van der Waals surface area contributed by atoms with E-state index in [1.807, 2.05) is 31.3 Å². The number of likely N-dealkylation sites (N-methyl/N-ethyl adjacent to an activating group) is 1. The number of anilines is 3. The van der Waals surface area contributed by atoms with Crippen LogP contribution >= 0.6 is 0 Å². The van der Waals surface area contributed by atoms with Gasteiger partial charge < -0.3 is 19.1 Å². The lowest BCUT2D eigenvalue weighted by molar-refractivity contribution is -0.117. The van der Waals surface area contributed by atoms with E-state index in [1.54, 1.807) is 31.7 Å². The third-order valence-corrected chi connectivity index (χ3v) is 8.87. The van der Waals surface area contributed by atoms with Gasteiger partial charge in [-0.15, -0.1) is 0 Å². The summed E-state index contributed by atoms with van der Waals surface area (Å²) in [5.41, 5.74) is 5.23. The summed E-state index contributed by atoms with van der Waals surface area (Å²) in [5, 5.41) is 0.856. The molecule has 0 saturated carbocycles. The fourth-order valence-corrected chi connectivity index (χ4v) is 6.70. The van der Waals surface area contributed by atoms with Crippen LogP contribution in [0.3, 0.4) is 0 Å². The highest BCUT2D eigenvalue weighted by molar-refractivity contribution is 7.90. The molecule has 5 rings (SSSR count). The lowest BCUT2D eigenvalue weighted by atomic mass is 10.0. The summed E-state index contributed by atoms with van der Waals surface area (Å²) in [6.07, 6.45) is 4.71. The molecule has 1 N–H and O–H groups in total. The van der Waals surface area contributed by atoms with Crippen LogP contribution in [0, 0.1) is 6.92 Å². The quantitative estimate of drug-likeness (QED) is 0.529. The molecule has 0 atom stereocenters. The van der Waals surface area contributed by atoms with Gasteiger partial charge in [-0.05, 0) is 50.0 Å². The van der Waals surface area contributed by atoms with Crippen molar-refractivity contribution in [2.24, 2.45) is 7.05 Å². The minimum absolute atomic E-state index is 0.0793. The van der Waals surface area contributed by atoms with Gasteiger partial charge in [-0.1, -0.05) is 6.08 Å². The summed E-state index contributed by atoms with van der Waals surface area (Å²) in [5.74, 6) is -0.0520. The number of rotatable bonds is 5. The smallest absolute Gasteiger partial charge is 0.264 e. The Kier molecular flexibility index (Phi) is 6.46. The van der Waals surface area contributed by atoms with Crippen LogP contribution in [-0.4, -0.2) is 46.1 Å². The van der Waals surface area contributed by atoms with E-state index < -0.39 is 15.9 Å². The zero-order valence-electron chi connectivity index (χ0n) is 22.3. The van der Waals surface area contributed by atoms with Crippen molar-refractivity contribution in [1.82, 2.24) is 9.29 Å². The summed E-state index contributed by atoms with van der Waals surface area (Å²) in [6, 6.07) is 9.22. The van der Waals surface area contributed by atoms with Crippen molar-refractivity contribution < 1.29 is 17.9 Å². The summed E-state index contributed by atoms with van der Waals surface area (Å²) in [7, 11) is 1.19. The second kappa shape index (κ2) is 9.50. The Bertz CT molecular complexity index is 1670. The van der Waals surface area contributed by atoms with Gasteiger partial charge in [-0.25, -0.2) is 13.1 Å². The molecule has 0 saturated heterocycles. The maximum Gasteiger partial charge on any atom is 0.264 e. The molecule has 2 heterocycles. The number of hydrogen-bond acceptors (Lipinski definition) is 7. The number of carbonyl (C=O) groups is 1. The molecular formula is C28H32N4O5S. The van der Waals surface area contributed by atoms with Crippen LogP contribution in [0.5, 0.6) is 5.75 Å². The molecule has 0 bridgehead atoms. The van der Waals surface area contributed by atoms with Crippen molar-refractivity contribution in [3.63, 3.8) is 0 Å². The Morgan fingerprint density at radius 1 is 1.03 bits per heavy atom. The van der Waals surface area contributed by atoms with Gasteiger partial charge in [0.05, 0.1) is 34.6 Å². The van der Waals surface area contributed by atoms with Gasteiger partial charge in [0.25, 0.3) is 15.6 Å². The predicted octanol–water partition coefficient (Wildman–Crippen LogP) is 3.84. The van der Waals surface area contributed by atoms with E-state index in [0.29, 0.717) is 41.2 Å². The minimum Gasteiger partial charge on any atom is -0.497 e. The minimum atomic E-state index is -4.11. The summed E-state index contributed by atoms with van der Waals surface area (Å²) in [6.45, 7) is 4.26. The van der Waals surface area contributed by atoms with E-state index in [1.165, 1.54) is 6.92 Å². The Labute approximate surface area is 222 Å². The first-order valence-corrected chi connectivity index (χ1v) is 14.1. The number of allylic oxidation sites excluding steroid dienone is 2. The zero-order valence-corrected chi connectivity index (χ0v) is 23.1. The molecule has 1 aliphatic carbocycles. The van der Waals surface area contributed by atoms with Crippen molar-refractivity contribution in [3.05, 3.63) is 57.9 Å². The number of aromatic nitrogens is 1. The van der Waals surface area contributed by atoms with E-state index >= 15 is 0 Å². The van der Waals surface area contributed by atoms with E-state index in [-0.39, 0.29) is 10.5 Å². The van der Waals surface area contributed by atoms with Crippen LogP contribution in [0.2, 0.25) is 0 Å². The number of methoxy groups -OCH3 is 1. The second-order valence-electron chi connectivity index (χ2n) is 9.96. The number of fused-ring (bicyclic) bond motifs is 2. The van der Waals surface area contributed by atoms with Gasteiger partial charge in [-0.2, -0.15) is 0 Å². The zero-order chi connectivity index (χ0) is 27.4. The normalized spacial score (nSPS) is 15.4. The number of ether oxygens (including phenoxy) is 1. The highest BCUT2D eigenvalue weighted by atomic mass is 32.2. The van der Waals surface area contributed by atoms with Crippen LogP contribution in [-0.2, 0) is 21.9 Å². The second-order valence-corrected chi connectivity index (χ2v) is 11.6. The fourth-order valence-electron chi connectivity index (χ4n) is 5.47. The van der Waals surface area contributed by atoms with Crippen LogP contribution in [0.25, 0.3) is 16.5 Å². The Hall–Kier alpha value is -3.79. The monoisotopic (exact) mass is 536 g/mol. The van der Waals surface area contributed by atoms with Crippen molar-refractivity contribution in [1.29, 1.82) is 0 Å². The first-order valence-electron chi connectivity index (χ1n) is 12.6. The molecule has 38 heavy (non-hydrogen) atoms. The number of sulfonamides is 1. The number of amides is 1. The molecular weight excluding hydrogens is 504 g/mol. The van der Waals surface area contributed by atoms with Crippen molar-refractivity contribution in [2.75, 3.05) is 37.0 Å². The van der Waals surface area contributed by atoms with Crippen LogP contribution in [0.4, 0.5) is 17.1 Å². The molecule has 200 valence electrons. The molecule has 0 radical (unpaired) electrons. The summed E-state index contributed by atoms with van der Waals surface area (Å²) in [4.78, 5) is 28.8. The van der Waals surface area contributed by atoms with Gasteiger partial charge in [0.1, 0.15) is 5.75 Å². The van der Waals surface area contributed by atoms with Crippen LogP contribution < -0.4 is 24.8 Å². The molecule has 2 aliphatic rings.